The first-order chi connectivity index (χ1) is 14.8. The van der Waals surface area contributed by atoms with E-state index in [4.69, 9.17) is 14.2 Å². The van der Waals surface area contributed by atoms with E-state index in [2.05, 4.69) is 10.6 Å². The number of methoxy groups -OCH3 is 1. The largest absolute Gasteiger partial charge is 0.496 e. The topological polar surface area (TPSA) is 106 Å². The highest BCUT2D eigenvalue weighted by Crippen LogP contribution is 2.33. The smallest absolute Gasteiger partial charge is 0.325 e. The molecular weight excluding hydrogens is 402 g/mol. The third kappa shape index (κ3) is 3.74. The zero-order valence-corrected chi connectivity index (χ0v) is 17.5. The fourth-order valence-corrected chi connectivity index (χ4v) is 3.68. The molecule has 4 rings (SSSR count). The lowest BCUT2D eigenvalue weighted by atomic mass is 9.90. The summed E-state index contributed by atoms with van der Waals surface area (Å²) in [6.07, 6.45) is 0. The average Bonchev–Trinajstić information content (AvgIpc) is 3.30. The molecule has 162 valence electrons. The van der Waals surface area contributed by atoms with Gasteiger partial charge < -0.3 is 24.8 Å². The normalized spacial score (nSPS) is 19.4. The first kappa shape index (κ1) is 20.5. The van der Waals surface area contributed by atoms with Gasteiger partial charge in [-0.1, -0.05) is 12.1 Å². The Balaban J connectivity index is 1.41. The fourth-order valence-electron chi connectivity index (χ4n) is 3.68. The highest BCUT2D eigenvalue weighted by Gasteiger charge is 2.49. The van der Waals surface area contributed by atoms with Crippen LogP contribution in [0.3, 0.4) is 0 Å². The van der Waals surface area contributed by atoms with Gasteiger partial charge >= 0.3 is 6.03 Å². The molecule has 0 radical (unpaired) electrons. The number of rotatable bonds is 6. The number of imide groups is 1. The van der Waals surface area contributed by atoms with Crippen LogP contribution in [0.5, 0.6) is 17.2 Å². The van der Waals surface area contributed by atoms with Gasteiger partial charge in [0.25, 0.3) is 5.91 Å². The Morgan fingerprint density at radius 2 is 1.97 bits per heavy atom. The van der Waals surface area contributed by atoms with Gasteiger partial charge in [0.15, 0.2) is 11.5 Å². The molecule has 0 saturated carbocycles. The van der Waals surface area contributed by atoms with Gasteiger partial charge in [-0.05, 0) is 54.8 Å². The van der Waals surface area contributed by atoms with Gasteiger partial charge in [0, 0.05) is 6.54 Å². The van der Waals surface area contributed by atoms with Crippen LogP contribution in [0.1, 0.15) is 23.6 Å². The van der Waals surface area contributed by atoms with Crippen molar-refractivity contribution in [1.82, 2.24) is 15.5 Å². The van der Waals surface area contributed by atoms with Crippen LogP contribution in [-0.4, -0.2) is 43.2 Å². The molecule has 2 N–H and O–H groups in total. The van der Waals surface area contributed by atoms with Crippen molar-refractivity contribution in [2.24, 2.45) is 0 Å². The van der Waals surface area contributed by atoms with E-state index < -0.39 is 23.4 Å². The van der Waals surface area contributed by atoms with E-state index in [1.807, 2.05) is 13.0 Å². The standard InChI is InChI=1S/C22H23N3O6/c1-13-8-15(5-7-16(13)29-3)22(2)20(27)25(21(28)24-22)11-19(26)23-10-14-4-6-17-18(9-14)31-12-30-17/h4-9H,10-12H2,1-3H3,(H,23,26)(H,24,28). The summed E-state index contributed by atoms with van der Waals surface area (Å²) >= 11 is 0. The lowest BCUT2D eigenvalue weighted by molar-refractivity contribution is -0.134. The molecule has 1 unspecified atom stereocenters. The SMILES string of the molecule is COc1ccc(C2(C)NC(=O)N(CC(=O)NCc3ccc4c(c3)OCO4)C2=O)cc1C. The molecule has 9 heteroatoms. The van der Waals surface area contributed by atoms with Crippen LogP contribution in [0, 0.1) is 6.92 Å². The minimum absolute atomic E-state index is 0.170. The van der Waals surface area contributed by atoms with Gasteiger partial charge in [0.05, 0.1) is 7.11 Å². The van der Waals surface area contributed by atoms with Crippen molar-refractivity contribution < 1.29 is 28.6 Å². The van der Waals surface area contributed by atoms with Gasteiger partial charge in [-0.2, -0.15) is 0 Å². The minimum atomic E-state index is -1.26. The van der Waals surface area contributed by atoms with Crippen molar-refractivity contribution in [2.45, 2.75) is 25.9 Å². The van der Waals surface area contributed by atoms with Crippen molar-refractivity contribution in [3.05, 3.63) is 53.1 Å². The fraction of sp³-hybridized carbons (Fsp3) is 0.318. The Morgan fingerprint density at radius 1 is 1.19 bits per heavy atom. The van der Waals surface area contributed by atoms with Crippen LogP contribution >= 0.6 is 0 Å². The summed E-state index contributed by atoms with van der Waals surface area (Å²) in [5.41, 5.74) is 1.01. The van der Waals surface area contributed by atoms with E-state index in [-0.39, 0.29) is 19.9 Å². The van der Waals surface area contributed by atoms with Crippen molar-refractivity contribution in [3.8, 4) is 17.2 Å². The molecule has 1 saturated heterocycles. The number of carbonyl (C=O) groups excluding carboxylic acids is 3. The van der Waals surface area contributed by atoms with Gasteiger partial charge in [-0.15, -0.1) is 0 Å². The molecule has 1 fully saturated rings. The van der Waals surface area contributed by atoms with E-state index in [1.54, 1.807) is 44.4 Å². The number of carbonyl (C=O) groups is 3. The highest BCUT2D eigenvalue weighted by atomic mass is 16.7. The Labute approximate surface area is 179 Å². The second-order valence-electron chi connectivity index (χ2n) is 7.60. The molecule has 2 aliphatic heterocycles. The summed E-state index contributed by atoms with van der Waals surface area (Å²) in [5, 5.41) is 5.43. The number of nitrogens with one attached hydrogen (secondary N) is 2. The van der Waals surface area contributed by atoms with Crippen LogP contribution < -0.4 is 24.8 Å². The molecule has 2 aliphatic rings. The van der Waals surface area contributed by atoms with Crippen LogP contribution in [0.25, 0.3) is 0 Å². The number of aryl methyl sites for hydroxylation is 1. The van der Waals surface area contributed by atoms with Gasteiger partial charge in [0.1, 0.15) is 17.8 Å². The molecule has 0 bridgehead atoms. The molecule has 4 amide bonds. The second kappa shape index (κ2) is 7.82. The molecule has 2 heterocycles. The van der Waals surface area contributed by atoms with E-state index >= 15 is 0 Å². The predicted octanol–water partition coefficient (Wildman–Crippen LogP) is 1.82. The van der Waals surface area contributed by atoms with Crippen molar-refractivity contribution in [3.63, 3.8) is 0 Å². The van der Waals surface area contributed by atoms with Crippen LogP contribution in [-0.2, 0) is 21.7 Å². The van der Waals surface area contributed by atoms with E-state index in [0.717, 1.165) is 16.0 Å². The Bertz CT molecular complexity index is 1070. The van der Waals surface area contributed by atoms with Crippen LogP contribution in [0.2, 0.25) is 0 Å². The molecule has 9 nitrogen and oxygen atoms in total. The summed E-state index contributed by atoms with van der Waals surface area (Å²) in [6.45, 7) is 3.51. The minimum Gasteiger partial charge on any atom is -0.496 e. The quantitative estimate of drug-likeness (QED) is 0.684. The number of fused-ring (bicyclic) bond motifs is 1. The zero-order chi connectivity index (χ0) is 22.2. The van der Waals surface area contributed by atoms with Crippen molar-refractivity contribution in [1.29, 1.82) is 0 Å². The first-order valence-electron chi connectivity index (χ1n) is 9.76. The summed E-state index contributed by atoms with van der Waals surface area (Å²) in [6, 6.07) is 10.0. The maximum Gasteiger partial charge on any atom is 0.325 e. The molecule has 31 heavy (non-hydrogen) atoms. The predicted molar refractivity (Wildman–Crippen MR) is 110 cm³/mol. The average molecular weight is 425 g/mol. The van der Waals surface area contributed by atoms with E-state index in [9.17, 15) is 14.4 Å². The summed E-state index contributed by atoms with van der Waals surface area (Å²) in [5.74, 6) is 1.02. The number of urea groups is 1. The molecular formula is C22H23N3O6. The Morgan fingerprint density at radius 3 is 2.71 bits per heavy atom. The lowest BCUT2D eigenvalue weighted by Crippen LogP contribution is -2.43. The van der Waals surface area contributed by atoms with Crippen LogP contribution in [0.15, 0.2) is 36.4 Å². The molecule has 0 spiro atoms. The third-order valence-electron chi connectivity index (χ3n) is 5.48. The van der Waals surface area contributed by atoms with E-state index in [0.29, 0.717) is 22.8 Å². The molecule has 1 atom stereocenters. The molecule has 2 aromatic rings. The van der Waals surface area contributed by atoms with Gasteiger partial charge in [0.2, 0.25) is 12.7 Å². The maximum absolute atomic E-state index is 13.0. The number of ether oxygens (including phenoxy) is 3. The number of hydrogen-bond acceptors (Lipinski definition) is 6. The number of benzene rings is 2. The van der Waals surface area contributed by atoms with Crippen molar-refractivity contribution in [2.75, 3.05) is 20.4 Å². The summed E-state index contributed by atoms with van der Waals surface area (Å²) < 4.78 is 15.8. The number of hydrogen-bond donors (Lipinski definition) is 2. The zero-order valence-electron chi connectivity index (χ0n) is 17.5. The molecule has 0 aromatic heterocycles. The van der Waals surface area contributed by atoms with Crippen LogP contribution in [0.4, 0.5) is 4.79 Å². The molecule has 0 aliphatic carbocycles. The summed E-state index contributed by atoms with van der Waals surface area (Å²) in [4.78, 5) is 38.9. The monoisotopic (exact) mass is 425 g/mol. The first-order valence-corrected chi connectivity index (χ1v) is 9.76. The van der Waals surface area contributed by atoms with Gasteiger partial charge in [-0.3, -0.25) is 14.5 Å². The number of amides is 4. The third-order valence-corrected chi connectivity index (χ3v) is 5.48. The second-order valence-corrected chi connectivity index (χ2v) is 7.60. The molecule has 2 aromatic carbocycles. The Kier molecular flexibility index (Phi) is 5.18. The number of nitrogens with zero attached hydrogens (tertiary/aromatic N) is 1. The highest BCUT2D eigenvalue weighted by molar-refractivity contribution is 6.09. The Hall–Kier alpha value is -3.75. The van der Waals surface area contributed by atoms with Gasteiger partial charge in [-0.25, -0.2) is 4.79 Å². The lowest BCUT2D eigenvalue weighted by Gasteiger charge is -2.23. The van der Waals surface area contributed by atoms with Crippen molar-refractivity contribution >= 4 is 17.8 Å². The van der Waals surface area contributed by atoms with E-state index in [1.165, 1.54) is 0 Å². The maximum atomic E-state index is 13.0. The summed E-state index contributed by atoms with van der Waals surface area (Å²) in [7, 11) is 1.57.